The summed E-state index contributed by atoms with van der Waals surface area (Å²) in [5, 5.41) is 59.1. The lowest BCUT2D eigenvalue weighted by atomic mass is 9.52. The van der Waals surface area contributed by atoms with Crippen LogP contribution < -0.4 is 21.7 Å². The zero-order valence-electron chi connectivity index (χ0n) is 43.2. The van der Waals surface area contributed by atoms with Gasteiger partial charge in [-0.25, -0.2) is 0 Å². The molecule has 2 aromatic carbocycles. The number of rotatable bonds is 4. The summed E-state index contributed by atoms with van der Waals surface area (Å²) in [6.07, 6.45) is 17.3. The number of β-amino-alcohol motifs (C(OH)–C–C–N with tert-alkyl or cyclic N) is 1. The maximum absolute atomic E-state index is 14.9. The second-order valence-corrected chi connectivity index (χ2v) is 22.4. The number of benzene rings is 2. The van der Waals surface area contributed by atoms with E-state index in [1.807, 2.05) is 56.3 Å². The highest BCUT2D eigenvalue weighted by molar-refractivity contribution is 5.98. The number of hydrogen-bond donors (Lipinski definition) is 8. The fraction of sp³-hybridized carbons (Fsp3) is 0.574. The van der Waals surface area contributed by atoms with E-state index in [2.05, 4.69) is 65.6 Å². The molecule has 8 rings (SSSR count). The first-order chi connectivity index (χ1) is 34.6. The smallest absolute Gasteiger partial charge is 0.243 e. The van der Waals surface area contributed by atoms with E-state index in [4.69, 9.17) is 10.5 Å². The molecule has 72 heavy (non-hydrogen) atoms. The maximum Gasteiger partial charge on any atom is 0.243 e. The van der Waals surface area contributed by atoms with Gasteiger partial charge in [-0.3, -0.25) is 14.9 Å². The van der Waals surface area contributed by atoms with Crippen LogP contribution in [0.3, 0.4) is 0 Å². The van der Waals surface area contributed by atoms with Crippen molar-refractivity contribution in [2.75, 3.05) is 26.3 Å². The number of nitrogens with two attached hydrogens (primary N) is 1. The second kappa shape index (κ2) is 24.2. The van der Waals surface area contributed by atoms with Crippen molar-refractivity contribution in [3.8, 4) is 11.8 Å². The topological polar surface area (TPSA) is 186 Å². The highest BCUT2D eigenvalue weighted by atomic mass is 16.5. The lowest BCUT2D eigenvalue weighted by Crippen LogP contribution is -2.59. The van der Waals surface area contributed by atoms with E-state index in [0.717, 1.165) is 40.8 Å². The van der Waals surface area contributed by atoms with Gasteiger partial charge < -0.3 is 41.5 Å². The molecule has 3 saturated carbocycles. The summed E-state index contributed by atoms with van der Waals surface area (Å²) < 4.78 is 6.27. The maximum atomic E-state index is 14.9. The molecule has 3 aliphatic carbocycles. The van der Waals surface area contributed by atoms with Crippen LogP contribution in [0.4, 0.5) is 0 Å². The van der Waals surface area contributed by atoms with Gasteiger partial charge in [0.15, 0.2) is 5.78 Å². The summed E-state index contributed by atoms with van der Waals surface area (Å²) in [7, 11) is 0. The number of fused-ring (bicyclic) bond motifs is 4. The highest BCUT2D eigenvalue weighted by Gasteiger charge is 2.64. The Morgan fingerprint density at radius 3 is 2.54 bits per heavy atom. The number of ether oxygens (including phenoxy) is 1. The van der Waals surface area contributed by atoms with Crippen molar-refractivity contribution in [2.24, 2.45) is 28.9 Å². The molecule has 0 saturated heterocycles. The van der Waals surface area contributed by atoms with Gasteiger partial charge in [0.25, 0.3) is 0 Å². The Morgan fingerprint density at radius 2 is 1.72 bits per heavy atom. The van der Waals surface area contributed by atoms with Crippen LogP contribution in [-0.2, 0) is 33.6 Å². The summed E-state index contributed by atoms with van der Waals surface area (Å²) in [6, 6.07) is 13.0. The molecule has 2 aromatic rings. The molecule has 1 amide bonds. The molecule has 2 bridgehead atoms. The molecule has 0 aromatic heterocycles. The Labute approximate surface area is 428 Å². The molecule has 0 radical (unpaired) electrons. The number of Topliss-reactive ketones (excluding diaryl/α,β-unsaturated/α-hetero) is 1. The molecule has 11 heteroatoms. The summed E-state index contributed by atoms with van der Waals surface area (Å²) in [6.45, 7) is 12.0. The molecule has 11 nitrogen and oxygen atoms in total. The van der Waals surface area contributed by atoms with E-state index in [1.54, 1.807) is 0 Å². The van der Waals surface area contributed by atoms with E-state index >= 15 is 0 Å². The van der Waals surface area contributed by atoms with Crippen LogP contribution in [0.1, 0.15) is 151 Å². The van der Waals surface area contributed by atoms with Gasteiger partial charge in [0.1, 0.15) is 18.8 Å². The van der Waals surface area contributed by atoms with Crippen molar-refractivity contribution >= 4 is 11.7 Å². The minimum Gasteiger partial charge on any atom is -0.393 e. The first-order valence-electron chi connectivity index (χ1n) is 27.1. The molecular formula is C61H82N4O7. The molecule has 10 unspecified atom stereocenters. The van der Waals surface area contributed by atoms with Gasteiger partial charge in [-0.15, -0.1) is 0 Å². The van der Waals surface area contributed by atoms with Crippen molar-refractivity contribution < 1.29 is 34.8 Å². The molecule has 10 atom stereocenters. The van der Waals surface area contributed by atoms with Crippen molar-refractivity contribution in [2.45, 2.75) is 172 Å². The molecule has 3 aliphatic heterocycles. The number of aryl methyl sites for hydroxylation is 1. The lowest BCUT2D eigenvalue weighted by Gasteiger charge is -2.56. The molecule has 388 valence electrons. The van der Waals surface area contributed by atoms with Crippen LogP contribution in [0.5, 0.6) is 0 Å². The number of amides is 1. The van der Waals surface area contributed by atoms with Crippen LogP contribution in [0.25, 0.3) is 0 Å². The minimum absolute atomic E-state index is 0.00906. The Balaban J connectivity index is 1.14. The van der Waals surface area contributed by atoms with Gasteiger partial charge in [-0.2, -0.15) is 0 Å². The van der Waals surface area contributed by atoms with Gasteiger partial charge in [0.2, 0.25) is 5.91 Å². The van der Waals surface area contributed by atoms with Crippen LogP contribution in [-0.4, -0.2) is 88.4 Å². The Bertz CT molecular complexity index is 2470. The van der Waals surface area contributed by atoms with Gasteiger partial charge in [0, 0.05) is 36.8 Å². The molecule has 3 fully saturated rings. The Kier molecular flexibility index (Phi) is 18.1. The molecular weight excluding hydrogens is 901 g/mol. The van der Waals surface area contributed by atoms with Crippen molar-refractivity contribution in [3.63, 3.8) is 0 Å². The summed E-state index contributed by atoms with van der Waals surface area (Å²) >= 11 is 0. The van der Waals surface area contributed by atoms with E-state index in [-0.39, 0.29) is 49.8 Å². The number of allylic oxidation sites excluding steroid dienone is 5. The fourth-order valence-electron chi connectivity index (χ4n) is 13.3. The number of hydrogen-bond acceptors (Lipinski definition) is 10. The SMILES string of the molecule is C=C1C=CC=C(C2CCC3(C4CCC(O)Cc5cccc(c5)CCC(O)CNC5C(=O)NC(N)c6cccc(c65)CC(=O)C(C)=C4CCC3(C)O)C2O)COCC#CCC(C)=CCC1NCC1CCCCC1. The van der Waals surface area contributed by atoms with E-state index in [0.29, 0.717) is 92.4 Å². The normalized spacial score (nSPS) is 33.0. The first kappa shape index (κ1) is 53.8. The number of ketones is 1. The van der Waals surface area contributed by atoms with E-state index in [1.165, 1.54) is 37.7 Å². The molecule has 9 N–H and O–H groups in total. The van der Waals surface area contributed by atoms with E-state index < -0.39 is 47.5 Å². The Morgan fingerprint density at radius 1 is 0.931 bits per heavy atom. The number of aliphatic hydroxyl groups is 4. The van der Waals surface area contributed by atoms with Crippen molar-refractivity contribution in [1.82, 2.24) is 16.0 Å². The number of carbonyl (C=O) groups is 2. The number of nitrogens with one attached hydrogen (secondary N) is 3. The third-order valence-corrected chi connectivity index (χ3v) is 17.5. The van der Waals surface area contributed by atoms with Gasteiger partial charge in [-0.1, -0.05) is 116 Å². The minimum atomic E-state index is -1.31. The third-order valence-electron chi connectivity index (χ3n) is 17.5. The third kappa shape index (κ3) is 12.4. The van der Waals surface area contributed by atoms with Crippen molar-refractivity contribution in [3.05, 3.63) is 129 Å². The number of carbonyl (C=O) groups excluding carboxylic acids is 2. The molecule has 6 aliphatic rings. The number of aliphatic hydroxyl groups excluding tert-OH is 3. The average molecular weight is 983 g/mol. The molecule has 3 heterocycles. The first-order valence-corrected chi connectivity index (χ1v) is 27.1. The standard InChI is InChI=1S/C61H82N4O7/c1-39-13-8-9-32-72-38-46(20-10-14-40(2)53(27-22-39)63-36-43-15-6-5-7-16-43)50-29-31-61(57(50)69)52-26-25-47(66)34-44-18-11-17-42(33-44)23-24-48(67)37-64-56-55-45(19-12-21-51(55)58(62)65-59(56)70)35-54(68)41(3)49(52)28-30-60(61,4)71/h10-12,14,17-22,33,43,47-48,50,52-53,56-58,63-64,66-67,69,71H,2,5-7,13,15-16,23-32,34-38,62H2,1,3-4H3,(H,65,70). The van der Waals surface area contributed by atoms with Crippen LogP contribution in [0.2, 0.25) is 0 Å². The largest absolute Gasteiger partial charge is 0.393 e. The lowest BCUT2D eigenvalue weighted by molar-refractivity contribution is -0.168. The quantitative estimate of drug-likeness (QED) is 0.111. The monoisotopic (exact) mass is 983 g/mol. The van der Waals surface area contributed by atoms with Crippen LogP contribution in [0, 0.1) is 35.0 Å². The summed E-state index contributed by atoms with van der Waals surface area (Å²) in [5.41, 5.74) is 12.8. The predicted molar refractivity (Wildman–Crippen MR) is 284 cm³/mol. The average Bonchev–Trinajstić information content (AvgIpc) is 3.70. The molecule has 1 spiro atoms. The van der Waals surface area contributed by atoms with Gasteiger partial charge in [0.05, 0.1) is 30.5 Å². The summed E-state index contributed by atoms with van der Waals surface area (Å²) in [4.78, 5) is 28.6. The fourth-order valence-corrected chi connectivity index (χ4v) is 13.3. The zero-order chi connectivity index (χ0) is 51.0. The van der Waals surface area contributed by atoms with E-state index in [9.17, 15) is 30.0 Å². The Hall–Kier alpha value is -4.48. The van der Waals surface area contributed by atoms with Gasteiger partial charge >= 0.3 is 0 Å². The summed E-state index contributed by atoms with van der Waals surface area (Å²) in [5.74, 6) is 5.95. The van der Waals surface area contributed by atoms with Crippen LogP contribution >= 0.6 is 0 Å². The van der Waals surface area contributed by atoms with Crippen LogP contribution in [0.15, 0.2) is 101 Å². The zero-order valence-corrected chi connectivity index (χ0v) is 43.2. The van der Waals surface area contributed by atoms with Gasteiger partial charge in [-0.05, 0) is 161 Å². The van der Waals surface area contributed by atoms with Crippen molar-refractivity contribution in [1.29, 1.82) is 0 Å². The highest BCUT2D eigenvalue weighted by Crippen LogP contribution is 2.63. The predicted octanol–water partition coefficient (Wildman–Crippen LogP) is 7.78. The second-order valence-electron chi connectivity index (χ2n) is 22.4.